The zero-order valence-corrected chi connectivity index (χ0v) is 7.98. The highest BCUT2D eigenvalue weighted by molar-refractivity contribution is 5.83. The van der Waals surface area contributed by atoms with E-state index in [-0.39, 0.29) is 0 Å². The van der Waals surface area contributed by atoms with E-state index < -0.39 is 0 Å². The summed E-state index contributed by atoms with van der Waals surface area (Å²) in [7, 11) is 0. The second kappa shape index (κ2) is 3.97. The Labute approximate surface area is 83.9 Å². The maximum atomic E-state index is 5.31. The van der Waals surface area contributed by atoms with Gasteiger partial charge in [-0.1, -0.05) is 48.5 Å². The second-order valence-corrected chi connectivity index (χ2v) is 3.31. The normalized spacial score (nSPS) is 11.1. The number of rotatable bonds is 2. The third-order valence-electron chi connectivity index (χ3n) is 2.30. The third-order valence-corrected chi connectivity index (χ3v) is 2.30. The van der Waals surface area contributed by atoms with Gasteiger partial charge < -0.3 is 5.73 Å². The lowest BCUT2D eigenvalue weighted by atomic mass is 10.1. The van der Waals surface area contributed by atoms with E-state index in [1.165, 1.54) is 16.3 Å². The van der Waals surface area contributed by atoms with Crippen LogP contribution >= 0.6 is 0 Å². The lowest BCUT2D eigenvalue weighted by Crippen LogP contribution is -1.83. The van der Waals surface area contributed by atoms with Gasteiger partial charge in [-0.2, -0.15) is 0 Å². The first-order chi connectivity index (χ1) is 6.90. The largest absolute Gasteiger partial charge is 0.405 e. The molecular formula is C13H13N. The molecule has 1 heteroatoms. The van der Waals surface area contributed by atoms with E-state index in [1.807, 2.05) is 6.08 Å². The van der Waals surface area contributed by atoms with Gasteiger partial charge in [0.2, 0.25) is 0 Å². The van der Waals surface area contributed by atoms with Crippen molar-refractivity contribution in [3.05, 3.63) is 60.3 Å². The van der Waals surface area contributed by atoms with Crippen molar-refractivity contribution in [1.82, 2.24) is 0 Å². The lowest BCUT2D eigenvalue weighted by Gasteiger charge is -2.00. The lowest BCUT2D eigenvalue weighted by molar-refractivity contribution is 1.27. The Balaban J connectivity index is 2.41. The van der Waals surface area contributed by atoms with Crippen LogP contribution in [-0.4, -0.2) is 0 Å². The summed E-state index contributed by atoms with van der Waals surface area (Å²) in [6.45, 7) is 0. The predicted molar refractivity (Wildman–Crippen MR) is 61.0 cm³/mol. The topological polar surface area (TPSA) is 26.0 Å². The minimum atomic E-state index is 0.904. The molecule has 2 aromatic rings. The van der Waals surface area contributed by atoms with Crippen molar-refractivity contribution < 1.29 is 0 Å². The van der Waals surface area contributed by atoms with Gasteiger partial charge >= 0.3 is 0 Å². The minimum absolute atomic E-state index is 0.904. The molecule has 2 N–H and O–H groups in total. The van der Waals surface area contributed by atoms with Crippen LogP contribution in [0, 0.1) is 0 Å². The van der Waals surface area contributed by atoms with Gasteiger partial charge in [0.1, 0.15) is 0 Å². The summed E-state index contributed by atoms with van der Waals surface area (Å²) < 4.78 is 0. The van der Waals surface area contributed by atoms with Crippen LogP contribution in [0.15, 0.2) is 54.7 Å². The van der Waals surface area contributed by atoms with Gasteiger partial charge in [-0.3, -0.25) is 0 Å². The fourth-order valence-corrected chi connectivity index (χ4v) is 1.57. The highest BCUT2D eigenvalue weighted by atomic mass is 14.5. The summed E-state index contributed by atoms with van der Waals surface area (Å²) in [5, 5.41) is 2.57. The fourth-order valence-electron chi connectivity index (χ4n) is 1.57. The first kappa shape index (κ1) is 8.82. The third kappa shape index (κ3) is 1.77. The van der Waals surface area contributed by atoms with Gasteiger partial charge in [0.15, 0.2) is 0 Å². The minimum Gasteiger partial charge on any atom is -0.405 e. The van der Waals surface area contributed by atoms with Crippen molar-refractivity contribution in [3.8, 4) is 0 Å². The number of nitrogens with two attached hydrogens (primary N) is 1. The van der Waals surface area contributed by atoms with Crippen molar-refractivity contribution in [2.75, 3.05) is 0 Å². The molecule has 2 rings (SSSR count). The molecule has 1 nitrogen and oxygen atoms in total. The Bertz CT molecular complexity index is 457. The summed E-state index contributed by atoms with van der Waals surface area (Å²) in [5.41, 5.74) is 6.61. The van der Waals surface area contributed by atoms with Crippen LogP contribution in [0.5, 0.6) is 0 Å². The first-order valence-electron chi connectivity index (χ1n) is 4.74. The molecule has 0 saturated carbocycles. The van der Waals surface area contributed by atoms with Crippen LogP contribution in [-0.2, 0) is 6.42 Å². The van der Waals surface area contributed by atoms with E-state index in [4.69, 9.17) is 5.73 Å². The smallest absolute Gasteiger partial charge is 0.00801 e. The van der Waals surface area contributed by atoms with Gasteiger partial charge in [-0.25, -0.2) is 0 Å². The van der Waals surface area contributed by atoms with E-state index in [1.54, 1.807) is 6.20 Å². The molecule has 0 aliphatic heterocycles. The van der Waals surface area contributed by atoms with Crippen LogP contribution < -0.4 is 5.73 Å². The number of hydrogen-bond donors (Lipinski definition) is 1. The van der Waals surface area contributed by atoms with Gasteiger partial charge in [0.05, 0.1) is 0 Å². The van der Waals surface area contributed by atoms with Crippen molar-refractivity contribution >= 4 is 10.8 Å². The molecule has 0 saturated heterocycles. The van der Waals surface area contributed by atoms with Crippen molar-refractivity contribution in [3.63, 3.8) is 0 Å². The van der Waals surface area contributed by atoms with Crippen molar-refractivity contribution in [1.29, 1.82) is 0 Å². The standard InChI is InChI=1S/C13H13N/c14-9-3-4-11-7-8-12-5-1-2-6-13(12)10-11/h1-3,5-10H,4,14H2/b9-3-. The predicted octanol–water partition coefficient (Wildman–Crippen LogP) is 2.85. The van der Waals surface area contributed by atoms with Crippen LogP contribution in [0.3, 0.4) is 0 Å². The van der Waals surface area contributed by atoms with Crippen LogP contribution in [0.1, 0.15) is 5.56 Å². The van der Waals surface area contributed by atoms with Crippen molar-refractivity contribution in [2.24, 2.45) is 5.73 Å². The van der Waals surface area contributed by atoms with Crippen LogP contribution in [0.2, 0.25) is 0 Å². The molecule has 0 aliphatic carbocycles. The fraction of sp³-hybridized carbons (Fsp3) is 0.0769. The molecule has 0 bridgehead atoms. The molecule has 0 unspecified atom stereocenters. The van der Waals surface area contributed by atoms with Gasteiger partial charge in [-0.05, 0) is 29.0 Å². The maximum absolute atomic E-state index is 5.31. The zero-order valence-electron chi connectivity index (χ0n) is 7.98. The summed E-state index contributed by atoms with van der Waals surface area (Å²) >= 11 is 0. The molecule has 0 atom stereocenters. The van der Waals surface area contributed by atoms with Crippen LogP contribution in [0.4, 0.5) is 0 Å². The molecule has 0 fully saturated rings. The number of fused-ring (bicyclic) bond motifs is 1. The number of hydrogen-bond acceptors (Lipinski definition) is 1. The summed E-state index contributed by atoms with van der Waals surface area (Å²) in [4.78, 5) is 0. The van der Waals surface area contributed by atoms with Crippen LogP contribution in [0.25, 0.3) is 10.8 Å². The van der Waals surface area contributed by atoms with E-state index in [0.717, 1.165) is 6.42 Å². The van der Waals surface area contributed by atoms with Gasteiger partial charge in [-0.15, -0.1) is 0 Å². The maximum Gasteiger partial charge on any atom is -0.00801 e. The second-order valence-electron chi connectivity index (χ2n) is 3.31. The SMILES string of the molecule is N/C=C\Cc1ccc2ccccc2c1. The van der Waals surface area contributed by atoms with Gasteiger partial charge in [0.25, 0.3) is 0 Å². The molecular weight excluding hydrogens is 170 g/mol. The van der Waals surface area contributed by atoms with E-state index in [9.17, 15) is 0 Å². The van der Waals surface area contributed by atoms with Gasteiger partial charge in [0, 0.05) is 0 Å². The highest BCUT2D eigenvalue weighted by Crippen LogP contribution is 2.15. The van der Waals surface area contributed by atoms with E-state index in [0.29, 0.717) is 0 Å². The molecule has 2 aromatic carbocycles. The molecule has 0 amide bonds. The zero-order chi connectivity index (χ0) is 9.80. The summed E-state index contributed by atoms with van der Waals surface area (Å²) in [6, 6.07) is 14.9. The summed E-state index contributed by atoms with van der Waals surface area (Å²) in [5.74, 6) is 0. The van der Waals surface area contributed by atoms with E-state index >= 15 is 0 Å². The monoisotopic (exact) mass is 183 g/mol. The summed E-state index contributed by atoms with van der Waals surface area (Å²) in [6.07, 6.45) is 4.46. The Morgan fingerprint density at radius 2 is 1.79 bits per heavy atom. The molecule has 0 spiro atoms. The first-order valence-corrected chi connectivity index (χ1v) is 4.74. The average molecular weight is 183 g/mol. The highest BCUT2D eigenvalue weighted by Gasteiger charge is 1.93. The van der Waals surface area contributed by atoms with Crippen molar-refractivity contribution in [2.45, 2.75) is 6.42 Å². The molecule has 0 radical (unpaired) electrons. The Morgan fingerprint density at radius 3 is 2.57 bits per heavy atom. The average Bonchev–Trinajstić information content (AvgIpc) is 2.26. The Hall–Kier alpha value is -1.76. The quantitative estimate of drug-likeness (QED) is 0.761. The number of allylic oxidation sites excluding steroid dienone is 1. The molecule has 14 heavy (non-hydrogen) atoms. The Morgan fingerprint density at radius 1 is 1.00 bits per heavy atom. The Kier molecular flexibility index (Phi) is 2.50. The van der Waals surface area contributed by atoms with E-state index in [2.05, 4.69) is 42.5 Å². The molecule has 70 valence electrons. The number of benzene rings is 2. The molecule has 0 heterocycles. The molecule has 0 aromatic heterocycles. The molecule has 0 aliphatic rings.